The maximum absolute atomic E-state index is 4.44. The topological polar surface area (TPSA) is 47.7 Å². The van der Waals surface area contributed by atoms with Crippen molar-refractivity contribution in [3.63, 3.8) is 0 Å². The molecule has 1 N–H and O–H groups in total. The smallest absolute Gasteiger partial charge is 0.106 e. The Morgan fingerprint density at radius 3 is 2.74 bits per heavy atom. The van der Waals surface area contributed by atoms with E-state index >= 15 is 0 Å². The monoisotopic (exact) mass is 259 g/mol. The zero-order valence-corrected chi connectivity index (χ0v) is 11.8. The van der Waals surface area contributed by atoms with Crippen LogP contribution in [0.3, 0.4) is 0 Å². The van der Waals surface area contributed by atoms with Crippen LogP contribution in [0.4, 0.5) is 0 Å². The van der Waals surface area contributed by atoms with Crippen LogP contribution in [0.2, 0.25) is 0 Å². The summed E-state index contributed by atoms with van der Waals surface area (Å²) in [5.41, 5.74) is 3.53. The van der Waals surface area contributed by atoms with E-state index in [2.05, 4.69) is 33.0 Å². The van der Waals surface area contributed by atoms with Crippen molar-refractivity contribution < 1.29 is 0 Å². The zero-order chi connectivity index (χ0) is 13.4. The van der Waals surface area contributed by atoms with Crippen molar-refractivity contribution in [2.75, 3.05) is 0 Å². The van der Waals surface area contributed by atoms with Crippen LogP contribution in [-0.2, 0) is 20.1 Å². The van der Waals surface area contributed by atoms with Crippen molar-refractivity contribution in [3.05, 3.63) is 35.2 Å². The van der Waals surface area contributed by atoms with Crippen molar-refractivity contribution in [2.45, 2.75) is 45.8 Å². The first kappa shape index (κ1) is 12.4. The molecule has 0 amide bonds. The molecular formula is C14H21N5. The van der Waals surface area contributed by atoms with E-state index in [9.17, 15) is 0 Å². The van der Waals surface area contributed by atoms with Crippen molar-refractivity contribution in [2.24, 2.45) is 7.05 Å². The van der Waals surface area contributed by atoms with Crippen LogP contribution in [0.1, 0.15) is 35.7 Å². The van der Waals surface area contributed by atoms with Gasteiger partial charge in [-0.3, -0.25) is 4.68 Å². The fraction of sp³-hybridized carbons (Fsp3) is 0.571. The first-order chi connectivity index (χ1) is 9.13. The lowest BCUT2D eigenvalue weighted by Gasteiger charge is -2.11. The Bertz CT molecular complexity index is 577. The predicted octanol–water partition coefficient (Wildman–Crippen LogP) is 1.53. The van der Waals surface area contributed by atoms with Gasteiger partial charge in [0.1, 0.15) is 5.82 Å². The Hall–Kier alpha value is -1.62. The van der Waals surface area contributed by atoms with Crippen LogP contribution in [0.25, 0.3) is 0 Å². The Labute approximate surface area is 113 Å². The Kier molecular flexibility index (Phi) is 3.14. The molecule has 5 nitrogen and oxygen atoms in total. The summed E-state index contributed by atoms with van der Waals surface area (Å²) in [5, 5.41) is 7.95. The number of hydrogen-bond donors (Lipinski definition) is 1. The molecule has 19 heavy (non-hydrogen) atoms. The maximum atomic E-state index is 4.44. The second kappa shape index (κ2) is 4.81. The van der Waals surface area contributed by atoms with E-state index in [-0.39, 0.29) is 0 Å². The average Bonchev–Trinajstić information content (AvgIpc) is 3.06. The van der Waals surface area contributed by atoms with Gasteiger partial charge < -0.3 is 9.88 Å². The van der Waals surface area contributed by atoms with E-state index in [1.54, 1.807) is 0 Å². The third-order valence-corrected chi connectivity index (χ3v) is 3.71. The number of aryl methyl sites for hydroxylation is 3. The highest BCUT2D eigenvalue weighted by atomic mass is 15.3. The first-order valence-electron chi connectivity index (χ1n) is 6.87. The summed E-state index contributed by atoms with van der Waals surface area (Å²) in [6.07, 6.45) is 4.61. The highest BCUT2D eigenvalue weighted by molar-refractivity contribution is 5.13. The largest absolute Gasteiger partial charge is 0.325 e. The van der Waals surface area contributed by atoms with Crippen molar-refractivity contribution >= 4 is 0 Å². The van der Waals surface area contributed by atoms with Gasteiger partial charge in [-0.15, -0.1) is 0 Å². The summed E-state index contributed by atoms with van der Waals surface area (Å²) in [4.78, 5) is 4.44. The molecular weight excluding hydrogens is 238 g/mol. The summed E-state index contributed by atoms with van der Waals surface area (Å²) >= 11 is 0. The van der Waals surface area contributed by atoms with Gasteiger partial charge in [-0.25, -0.2) is 4.98 Å². The highest BCUT2D eigenvalue weighted by Crippen LogP contribution is 2.19. The van der Waals surface area contributed by atoms with Crippen LogP contribution in [0, 0.1) is 13.8 Å². The molecule has 102 valence electrons. The minimum Gasteiger partial charge on any atom is -0.325 e. The second-order valence-electron chi connectivity index (χ2n) is 5.44. The lowest BCUT2D eigenvalue weighted by atomic mass is 10.3. The van der Waals surface area contributed by atoms with Gasteiger partial charge >= 0.3 is 0 Å². The lowest BCUT2D eigenvalue weighted by molar-refractivity contribution is 0.601. The third kappa shape index (κ3) is 2.71. The molecule has 0 bridgehead atoms. The van der Waals surface area contributed by atoms with Gasteiger partial charge in [-0.2, -0.15) is 5.10 Å². The zero-order valence-electron chi connectivity index (χ0n) is 11.8. The molecule has 0 unspecified atom stereocenters. The molecule has 1 aliphatic carbocycles. The number of aromatic nitrogens is 4. The molecule has 5 heteroatoms. The molecule has 3 rings (SSSR count). The van der Waals surface area contributed by atoms with Crippen molar-refractivity contribution in [1.29, 1.82) is 0 Å². The van der Waals surface area contributed by atoms with Crippen molar-refractivity contribution in [1.82, 2.24) is 24.6 Å². The highest BCUT2D eigenvalue weighted by Gasteiger charge is 2.21. The van der Waals surface area contributed by atoms with E-state index in [4.69, 9.17) is 0 Å². The Morgan fingerprint density at radius 1 is 1.32 bits per heavy atom. The van der Waals surface area contributed by atoms with Gasteiger partial charge in [0.15, 0.2) is 0 Å². The van der Waals surface area contributed by atoms with Gasteiger partial charge in [0, 0.05) is 25.8 Å². The molecule has 0 saturated heterocycles. The van der Waals surface area contributed by atoms with Crippen LogP contribution in [0.5, 0.6) is 0 Å². The minimum atomic E-state index is 0.725. The molecule has 0 aliphatic heterocycles. The van der Waals surface area contributed by atoms with Gasteiger partial charge in [-0.1, -0.05) is 0 Å². The molecule has 0 atom stereocenters. The summed E-state index contributed by atoms with van der Waals surface area (Å²) in [5.74, 6) is 1.06. The van der Waals surface area contributed by atoms with Gasteiger partial charge in [0.2, 0.25) is 0 Å². The van der Waals surface area contributed by atoms with Crippen LogP contribution in [0.15, 0.2) is 12.3 Å². The Balaban J connectivity index is 1.78. The normalized spacial score (nSPS) is 15.1. The SMILES string of the molecule is Cc1cc(Cn2c(CNC3CC3)cnc2C)n(C)n1. The van der Waals surface area contributed by atoms with E-state index in [0.717, 1.165) is 30.6 Å². The average molecular weight is 259 g/mol. The van der Waals surface area contributed by atoms with E-state index in [1.807, 2.05) is 24.9 Å². The fourth-order valence-corrected chi connectivity index (χ4v) is 2.38. The predicted molar refractivity (Wildman–Crippen MR) is 73.9 cm³/mol. The number of imidazole rings is 1. The number of nitrogens with one attached hydrogen (secondary N) is 1. The molecule has 2 heterocycles. The van der Waals surface area contributed by atoms with Crippen LogP contribution in [-0.4, -0.2) is 25.4 Å². The second-order valence-corrected chi connectivity index (χ2v) is 5.44. The standard InChI is InChI=1S/C14H21N5/c1-10-6-13(18(3)17-10)9-19-11(2)15-7-14(19)8-16-12-4-5-12/h6-7,12,16H,4-5,8-9H2,1-3H3. The molecule has 0 aromatic carbocycles. The quantitative estimate of drug-likeness (QED) is 0.886. The van der Waals surface area contributed by atoms with Crippen LogP contribution >= 0.6 is 0 Å². The molecule has 1 fully saturated rings. The van der Waals surface area contributed by atoms with E-state index < -0.39 is 0 Å². The molecule has 1 saturated carbocycles. The molecule has 0 radical (unpaired) electrons. The van der Waals surface area contributed by atoms with Crippen LogP contribution < -0.4 is 5.32 Å². The summed E-state index contributed by atoms with van der Waals surface area (Å²) in [6, 6.07) is 2.86. The maximum Gasteiger partial charge on any atom is 0.106 e. The summed E-state index contributed by atoms with van der Waals surface area (Å²) in [6.45, 7) is 5.83. The minimum absolute atomic E-state index is 0.725. The fourth-order valence-electron chi connectivity index (χ4n) is 2.38. The summed E-state index contributed by atoms with van der Waals surface area (Å²) < 4.78 is 4.22. The molecule has 1 aliphatic rings. The van der Waals surface area contributed by atoms with E-state index in [0.29, 0.717) is 0 Å². The van der Waals surface area contributed by atoms with Gasteiger partial charge in [-0.05, 0) is 32.8 Å². The van der Waals surface area contributed by atoms with E-state index in [1.165, 1.54) is 24.2 Å². The molecule has 0 spiro atoms. The first-order valence-corrected chi connectivity index (χ1v) is 6.87. The Morgan fingerprint density at radius 2 is 2.11 bits per heavy atom. The summed E-state index contributed by atoms with van der Waals surface area (Å²) in [7, 11) is 2.00. The number of hydrogen-bond acceptors (Lipinski definition) is 3. The molecule has 2 aromatic rings. The number of nitrogens with zero attached hydrogens (tertiary/aromatic N) is 4. The van der Waals surface area contributed by atoms with Crippen molar-refractivity contribution in [3.8, 4) is 0 Å². The number of rotatable bonds is 5. The van der Waals surface area contributed by atoms with Gasteiger partial charge in [0.25, 0.3) is 0 Å². The third-order valence-electron chi connectivity index (χ3n) is 3.71. The molecule has 2 aromatic heterocycles. The van der Waals surface area contributed by atoms with Gasteiger partial charge in [0.05, 0.1) is 23.6 Å². The lowest BCUT2D eigenvalue weighted by Crippen LogP contribution is -2.19.